The van der Waals surface area contributed by atoms with Crippen molar-refractivity contribution in [2.24, 2.45) is 17.8 Å². The quantitative estimate of drug-likeness (QED) is 0.186. The van der Waals surface area contributed by atoms with E-state index in [0.717, 1.165) is 56.7 Å². The molecule has 3 nitrogen and oxygen atoms in total. The van der Waals surface area contributed by atoms with Gasteiger partial charge < -0.3 is 9.47 Å². The van der Waals surface area contributed by atoms with E-state index in [4.69, 9.17) is 9.47 Å². The Balaban J connectivity index is 1.36. The minimum absolute atomic E-state index is 0.0722. The molecule has 0 atom stereocenters. The van der Waals surface area contributed by atoms with Crippen molar-refractivity contribution >= 4 is 5.97 Å². The predicted molar refractivity (Wildman–Crippen MR) is 134 cm³/mol. The zero-order valence-corrected chi connectivity index (χ0v) is 21.8. The SMILES string of the molecule is CCOc1ccc(C(=O)Oc2ccc(C3CCC(C4CCC(/C=C(\F)CF)CC4)CC3)c(F)c2F)c(F)c1F. The second-order valence-corrected chi connectivity index (χ2v) is 10.4. The number of halogens is 6. The van der Waals surface area contributed by atoms with Crippen LogP contribution in [0, 0.1) is 41.0 Å². The van der Waals surface area contributed by atoms with Crippen LogP contribution in [0.25, 0.3) is 0 Å². The van der Waals surface area contributed by atoms with E-state index in [1.807, 2.05) is 0 Å². The molecule has 0 spiro atoms. The maximum absolute atomic E-state index is 15.0. The van der Waals surface area contributed by atoms with E-state index >= 15 is 4.39 Å². The summed E-state index contributed by atoms with van der Waals surface area (Å²) in [4.78, 5) is 12.4. The fourth-order valence-electron chi connectivity index (χ4n) is 6.04. The second-order valence-electron chi connectivity index (χ2n) is 10.4. The molecule has 2 aliphatic carbocycles. The third kappa shape index (κ3) is 6.61. The molecule has 0 radical (unpaired) electrons. The van der Waals surface area contributed by atoms with E-state index < -0.39 is 53.1 Å². The van der Waals surface area contributed by atoms with Gasteiger partial charge in [0.2, 0.25) is 11.6 Å². The van der Waals surface area contributed by atoms with Gasteiger partial charge in [0, 0.05) is 0 Å². The lowest BCUT2D eigenvalue weighted by Gasteiger charge is -2.37. The lowest BCUT2D eigenvalue weighted by molar-refractivity contribution is 0.0720. The maximum atomic E-state index is 15.0. The van der Waals surface area contributed by atoms with Gasteiger partial charge in [-0.1, -0.05) is 6.07 Å². The maximum Gasteiger partial charge on any atom is 0.346 e. The van der Waals surface area contributed by atoms with E-state index in [1.54, 1.807) is 6.92 Å². The van der Waals surface area contributed by atoms with Gasteiger partial charge in [0.25, 0.3) is 0 Å². The van der Waals surface area contributed by atoms with Gasteiger partial charge >= 0.3 is 5.97 Å². The molecule has 0 aromatic heterocycles. The molecule has 0 heterocycles. The molecule has 2 aliphatic rings. The fourth-order valence-corrected chi connectivity index (χ4v) is 6.04. The molecule has 2 fully saturated rings. The number of benzene rings is 2. The molecule has 0 bridgehead atoms. The molecule has 4 rings (SSSR count). The van der Waals surface area contributed by atoms with Gasteiger partial charge in [-0.05, 0) is 112 Å². The van der Waals surface area contributed by atoms with Crippen LogP contribution in [0.4, 0.5) is 26.3 Å². The number of allylic oxidation sites excluding steroid dienone is 2. The zero-order chi connectivity index (χ0) is 28.1. The Labute approximate surface area is 224 Å². The van der Waals surface area contributed by atoms with Crippen LogP contribution in [0.1, 0.15) is 80.1 Å². The van der Waals surface area contributed by atoms with E-state index in [0.29, 0.717) is 24.7 Å². The van der Waals surface area contributed by atoms with Crippen molar-refractivity contribution in [3.05, 3.63) is 70.6 Å². The number of alkyl halides is 1. The van der Waals surface area contributed by atoms with E-state index in [-0.39, 0.29) is 29.8 Å². The van der Waals surface area contributed by atoms with Gasteiger partial charge in [-0.3, -0.25) is 0 Å². The summed E-state index contributed by atoms with van der Waals surface area (Å²) in [6.07, 6.45) is 8.00. The summed E-state index contributed by atoms with van der Waals surface area (Å²) in [6, 6.07) is 4.52. The Hall–Kier alpha value is -2.97. The summed E-state index contributed by atoms with van der Waals surface area (Å²) in [5, 5.41) is 0. The van der Waals surface area contributed by atoms with E-state index in [2.05, 4.69) is 0 Å². The van der Waals surface area contributed by atoms with E-state index in [9.17, 15) is 26.7 Å². The highest BCUT2D eigenvalue weighted by Gasteiger charge is 2.33. The molecule has 39 heavy (non-hydrogen) atoms. The standard InChI is InChI=1S/C30H32F6O3/c1-2-38-24-13-12-23(27(34)28(24)35)30(37)39-25-14-11-22(26(33)29(25)36)20-9-7-19(8-10-20)18-5-3-17(4-6-18)15-21(32)16-31/h11-15,17-20H,2-10,16H2,1H3/b21-15-. The number of hydrogen-bond acceptors (Lipinski definition) is 3. The largest absolute Gasteiger partial charge is 0.491 e. The molecule has 2 saturated carbocycles. The monoisotopic (exact) mass is 554 g/mol. The van der Waals surface area contributed by atoms with Gasteiger partial charge in [-0.15, -0.1) is 0 Å². The highest BCUT2D eigenvalue weighted by atomic mass is 19.2. The van der Waals surface area contributed by atoms with Crippen molar-refractivity contribution in [1.29, 1.82) is 0 Å². The third-order valence-corrected chi connectivity index (χ3v) is 8.09. The van der Waals surface area contributed by atoms with Crippen molar-refractivity contribution in [3.63, 3.8) is 0 Å². The average Bonchev–Trinajstić information content (AvgIpc) is 2.94. The lowest BCUT2D eigenvalue weighted by atomic mass is 9.68. The zero-order valence-electron chi connectivity index (χ0n) is 21.8. The first-order chi connectivity index (χ1) is 18.7. The van der Waals surface area contributed by atoms with Crippen molar-refractivity contribution in [1.82, 2.24) is 0 Å². The molecule has 212 valence electrons. The molecule has 2 aromatic carbocycles. The molecule has 9 heteroatoms. The Morgan fingerprint density at radius 1 is 0.821 bits per heavy atom. The van der Waals surface area contributed by atoms with Gasteiger partial charge in [0.15, 0.2) is 23.1 Å². The Morgan fingerprint density at radius 3 is 2.03 bits per heavy atom. The molecular formula is C30H32F6O3. The second kappa shape index (κ2) is 12.9. The number of rotatable bonds is 8. The minimum atomic E-state index is -1.50. The smallest absolute Gasteiger partial charge is 0.346 e. The van der Waals surface area contributed by atoms with Crippen LogP contribution in [-0.2, 0) is 0 Å². The Morgan fingerprint density at radius 2 is 1.41 bits per heavy atom. The average molecular weight is 555 g/mol. The van der Waals surface area contributed by atoms with Gasteiger partial charge in [-0.2, -0.15) is 8.78 Å². The summed E-state index contributed by atoms with van der Waals surface area (Å²) >= 11 is 0. The Kier molecular flexibility index (Phi) is 9.62. The highest BCUT2D eigenvalue weighted by molar-refractivity contribution is 5.91. The van der Waals surface area contributed by atoms with Crippen LogP contribution in [0.2, 0.25) is 0 Å². The first-order valence-corrected chi connectivity index (χ1v) is 13.5. The molecule has 0 aliphatic heterocycles. The third-order valence-electron chi connectivity index (χ3n) is 8.09. The summed E-state index contributed by atoms with van der Waals surface area (Å²) in [5.74, 6) is -7.70. The van der Waals surface area contributed by atoms with Crippen LogP contribution in [0.15, 0.2) is 36.2 Å². The summed E-state index contributed by atoms with van der Waals surface area (Å²) < 4.78 is 93.8. The predicted octanol–water partition coefficient (Wildman–Crippen LogP) is 8.76. The molecular weight excluding hydrogens is 522 g/mol. The van der Waals surface area contributed by atoms with Crippen molar-refractivity contribution < 1.29 is 40.6 Å². The normalized spacial score (nSPS) is 23.9. The number of esters is 1. The first-order valence-electron chi connectivity index (χ1n) is 13.5. The lowest BCUT2D eigenvalue weighted by Crippen LogP contribution is -2.25. The van der Waals surface area contributed by atoms with Crippen LogP contribution in [0.3, 0.4) is 0 Å². The van der Waals surface area contributed by atoms with Crippen LogP contribution < -0.4 is 9.47 Å². The van der Waals surface area contributed by atoms with Gasteiger partial charge in [-0.25, -0.2) is 22.4 Å². The van der Waals surface area contributed by atoms with Crippen LogP contribution in [-0.4, -0.2) is 19.3 Å². The number of carbonyl (C=O) groups is 1. The number of hydrogen-bond donors (Lipinski definition) is 0. The van der Waals surface area contributed by atoms with Gasteiger partial charge in [0.05, 0.1) is 12.2 Å². The van der Waals surface area contributed by atoms with Crippen molar-refractivity contribution in [2.45, 2.75) is 64.2 Å². The van der Waals surface area contributed by atoms with Crippen molar-refractivity contribution in [2.75, 3.05) is 13.3 Å². The molecule has 2 aromatic rings. The highest BCUT2D eigenvalue weighted by Crippen LogP contribution is 2.45. The van der Waals surface area contributed by atoms with Crippen LogP contribution >= 0.6 is 0 Å². The topological polar surface area (TPSA) is 35.5 Å². The number of carbonyl (C=O) groups excluding carboxylic acids is 1. The first kappa shape index (κ1) is 29.0. The number of ether oxygens (including phenoxy) is 2. The Bertz CT molecular complexity index is 1200. The van der Waals surface area contributed by atoms with Crippen molar-refractivity contribution in [3.8, 4) is 11.5 Å². The summed E-state index contributed by atoms with van der Waals surface area (Å²) in [7, 11) is 0. The van der Waals surface area contributed by atoms with Gasteiger partial charge in [0.1, 0.15) is 12.5 Å². The van der Waals surface area contributed by atoms with Crippen LogP contribution in [0.5, 0.6) is 11.5 Å². The summed E-state index contributed by atoms with van der Waals surface area (Å²) in [6.45, 7) is 0.604. The molecule has 0 amide bonds. The fraction of sp³-hybridized carbons (Fsp3) is 0.500. The molecule has 0 unspecified atom stereocenters. The molecule has 0 saturated heterocycles. The van der Waals surface area contributed by atoms with E-state index in [1.165, 1.54) is 12.1 Å². The molecule has 0 N–H and O–H groups in total. The minimum Gasteiger partial charge on any atom is -0.491 e. The summed E-state index contributed by atoms with van der Waals surface area (Å²) in [5.41, 5.74) is -0.574.